The second-order valence-corrected chi connectivity index (χ2v) is 12.3. The lowest BCUT2D eigenvalue weighted by molar-refractivity contribution is -0.138. The summed E-state index contributed by atoms with van der Waals surface area (Å²) in [6.45, 7) is 2.60. The van der Waals surface area contributed by atoms with E-state index in [0.717, 1.165) is 76.9 Å². The van der Waals surface area contributed by atoms with Crippen LogP contribution in [0.1, 0.15) is 61.6 Å². The Balaban J connectivity index is 1.36. The third kappa shape index (κ3) is 10.9. The number of carboxylic acids is 2. The van der Waals surface area contributed by atoms with Crippen LogP contribution < -0.4 is 14.4 Å². The average Bonchev–Trinajstić information content (AvgIpc) is 3.06. The van der Waals surface area contributed by atoms with Crippen molar-refractivity contribution in [2.24, 2.45) is 0 Å². The molecule has 0 atom stereocenters. The lowest BCUT2D eigenvalue weighted by Crippen LogP contribution is -2.07. The standard InChI is InChI=1S/C40H46FNO6/c1-28-24-31(16-20-37(28)41)33-25-32(29-14-17-34(18-15-29)42(2)3)26-35(27-33)47-22-7-5-4-6-10-30-11-8-12-38(36(30)19-21-40(45)46)48-23-9-13-39(43)44/h8,11-12,14-18,20,24-27H,4-7,9-10,13,19,21-23H2,1-3H3,(H,43,44)(H,45,46). The minimum atomic E-state index is -0.867. The van der Waals surface area contributed by atoms with Gasteiger partial charge in [-0.1, -0.05) is 43.2 Å². The number of aryl methyl sites for hydroxylation is 2. The van der Waals surface area contributed by atoms with Crippen molar-refractivity contribution in [2.45, 2.75) is 64.7 Å². The monoisotopic (exact) mass is 655 g/mol. The fraction of sp³-hybridized carbons (Fsp3) is 0.350. The minimum Gasteiger partial charge on any atom is -0.494 e. The lowest BCUT2D eigenvalue weighted by atomic mass is 9.96. The number of ether oxygens (including phenoxy) is 2. The molecule has 4 aromatic rings. The van der Waals surface area contributed by atoms with Gasteiger partial charge in [0, 0.05) is 32.6 Å². The number of aliphatic carboxylic acids is 2. The summed E-state index contributed by atoms with van der Waals surface area (Å²) in [5.41, 5.74) is 7.68. The van der Waals surface area contributed by atoms with E-state index in [0.29, 0.717) is 30.8 Å². The van der Waals surface area contributed by atoms with E-state index in [4.69, 9.17) is 14.6 Å². The fourth-order valence-corrected chi connectivity index (χ4v) is 5.65. The molecule has 0 aliphatic carbocycles. The first-order valence-corrected chi connectivity index (χ1v) is 16.6. The highest BCUT2D eigenvalue weighted by atomic mass is 19.1. The Kier molecular flexibility index (Phi) is 13.4. The number of carbonyl (C=O) groups is 2. The summed E-state index contributed by atoms with van der Waals surface area (Å²) in [5, 5.41) is 18.2. The van der Waals surface area contributed by atoms with Crippen LogP contribution in [0.2, 0.25) is 0 Å². The molecule has 254 valence electrons. The van der Waals surface area contributed by atoms with Gasteiger partial charge in [-0.3, -0.25) is 9.59 Å². The molecule has 0 spiro atoms. The highest BCUT2D eigenvalue weighted by Gasteiger charge is 2.13. The van der Waals surface area contributed by atoms with E-state index in [1.165, 1.54) is 6.07 Å². The van der Waals surface area contributed by atoms with Crippen LogP contribution in [0.5, 0.6) is 11.5 Å². The van der Waals surface area contributed by atoms with Gasteiger partial charge in [0.1, 0.15) is 17.3 Å². The van der Waals surface area contributed by atoms with Gasteiger partial charge in [0.25, 0.3) is 0 Å². The van der Waals surface area contributed by atoms with E-state index in [1.807, 2.05) is 44.4 Å². The summed E-state index contributed by atoms with van der Waals surface area (Å²) in [6.07, 6.45) is 5.38. The number of nitrogens with zero attached hydrogens (tertiary/aromatic N) is 1. The van der Waals surface area contributed by atoms with E-state index in [1.54, 1.807) is 13.0 Å². The second-order valence-electron chi connectivity index (χ2n) is 12.3. The number of rotatable bonds is 19. The number of carboxylic acid groups (broad SMARTS) is 2. The molecular weight excluding hydrogens is 609 g/mol. The smallest absolute Gasteiger partial charge is 0.303 e. The Morgan fingerprint density at radius 1 is 0.688 bits per heavy atom. The molecule has 0 unspecified atom stereocenters. The maximum Gasteiger partial charge on any atom is 0.303 e. The van der Waals surface area contributed by atoms with Crippen LogP contribution in [0.15, 0.2) is 78.9 Å². The summed E-state index contributed by atoms with van der Waals surface area (Å²) in [6, 6.07) is 25.5. The summed E-state index contributed by atoms with van der Waals surface area (Å²) >= 11 is 0. The van der Waals surface area contributed by atoms with Gasteiger partial charge in [0.2, 0.25) is 0 Å². The zero-order valence-corrected chi connectivity index (χ0v) is 28.1. The summed E-state index contributed by atoms with van der Waals surface area (Å²) < 4.78 is 26.2. The van der Waals surface area contributed by atoms with Gasteiger partial charge in [-0.15, -0.1) is 0 Å². The van der Waals surface area contributed by atoms with E-state index >= 15 is 0 Å². The third-order valence-corrected chi connectivity index (χ3v) is 8.34. The predicted molar refractivity (Wildman–Crippen MR) is 189 cm³/mol. The van der Waals surface area contributed by atoms with Crippen molar-refractivity contribution in [3.05, 3.63) is 101 Å². The zero-order valence-electron chi connectivity index (χ0n) is 28.1. The SMILES string of the molecule is Cc1cc(-c2cc(OCCCCCCc3cccc(OCCCC(=O)O)c3CCC(=O)O)cc(-c3ccc(N(C)C)cc3)c2)ccc1F. The molecule has 0 saturated carbocycles. The quantitative estimate of drug-likeness (QED) is 0.0974. The Morgan fingerprint density at radius 2 is 1.35 bits per heavy atom. The number of benzene rings is 4. The van der Waals surface area contributed by atoms with Gasteiger partial charge in [0.05, 0.1) is 13.2 Å². The molecule has 4 aromatic carbocycles. The van der Waals surface area contributed by atoms with Crippen LogP contribution in [-0.2, 0) is 22.4 Å². The molecule has 7 nitrogen and oxygen atoms in total. The zero-order chi connectivity index (χ0) is 34.5. The van der Waals surface area contributed by atoms with Gasteiger partial charge in [-0.05, 0) is 127 Å². The molecule has 48 heavy (non-hydrogen) atoms. The van der Waals surface area contributed by atoms with Gasteiger partial charge in [0.15, 0.2) is 0 Å². The third-order valence-electron chi connectivity index (χ3n) is 8.34. The molecule has 0 fully saturated rings. The van der Waals surface area contributed by atoms with Crippen molar-refractivity contribution < 1.29 is 33.7 Å². The van der Waals surface area contributed by atoms with Crippen molar-refractivity contribution in [2.75, 3.05) is 32.2 Å². The Hall–Kier alpha value is -4.85. The Bertz CT molecular complexity index is 1670. The van der Waals surface area contributed by atoms with Crippen LogP contribution in [0, 0.1) is 12.7 Å². The number of unbranched alkanes of at least 4 members (excludes halogenated alkanes) is 3. The largest absolute Gasteiger partial charge is 0.494 e. The first-order chi connectivity index (χ1) is 23.1. The lowest BCUT2D eigenvalue weighted by Gasteiger charge is -2.16. The molecule has 0 amide bonds. The minimum absolute atomic E-state index is 0.00487. The van der Waals surface area contributed by atoms with E-state index in [2.05, 4.69) is 41.3 Å². The van der Waals surface area contributed by atoms with Crippen LogP contribution >= 0.6 is 0 Å². The van der Waals surface area contributed by atoms with Gasteiger partial charge < -0.3 is 24.6 Å². The molecule has 2 N–H and O–H groups in total. The molecule has 0 radical (unpaired) electrons. The normalized spacial score (nSPS) is 10.9. The van der Waals surface area contributed by atoms with Crippen molar-refractivity contribution in [3.8, 4) is 33.8 Å². The van der Waals surface area contributed by atoms with Gasteiger partial charge in [-0.25, -0.2) is 4.39 Å². The van der Waals surface area contributed by atoms with Crippen LogP contribution in [0.4, 0.5) is 10.1 Å². The van der Waals surface area contributed by atoms with Gasteiger partial charge in [-0.2, -0.15) is 0 Å². The number of halogens is 1. The first-order valence-electron chi connectivity index (χ1n) is 16.6. The van der Waals surface area contributed by atoms with Gasteiger partial charge >= 0.3 is 11.9 Å². The number of hydrogen-bond acceptors (Lipinski definition) is 5. The number of hydrogen-bond donors (Lipinski definition) is 2. The first kappa shape index (κ1) is 36.0. The highest BCUT2D eigenvalue weighted by Crippen LogP contribution is 2.33. The molecule has 0 saturated heterocycles. The van der Waals surface area contributed by atoms with Crippen molar-refractivity contribution in [1.82, 2.24) is 0 Å². The highest BCUT2D eigenvalue weighted by molar-refractivity contribution is 5.76. The van der Waals surface area contributed by atoms with E-state index in [-0.39, 0.29) is 25.3 Å². The Labute approximate surface area is 283 Å². The van der Waals surface area contributed by atoms with Crippen LogP contribution in [0.3, 0.4) is 0 Å². The fourth-order valence-electron chi connectivity index (χ4n) is 5.65. The molecule has 4 rings (SSSR count). The second kappa shape index (κ2) is 17.9. The molecular formula is C40H46FNO6. The molecule has 0 aromatic heterocycles. The maximum absolute atomic E-state index is 14.0. The predicted octanol–water partition coefficient (Wildman–Crippen LogP) is 8.98. The van der Waals surface area contributed by atoms with Crippen LogP contribution in [-0.4, -0.2) is 49.5 Å². The summed E-state index contributed by atoms with van der Waals surface area (Å²) in [5.74, 6) is -0.554. The summed E-state index contributed by atoms with van der Waals surface area (Å²) in [4.78, 5) is 24.2. The number of anilines is 1. The molecule has 8 heteroatoms. The average molecular weight is 656 g/mol. The molecule has 0 aliphatic heterocycles. The summed E-state index contributed by atoms with van der Waals surface area (Å²) in [7, 11) is 4.03. The maximum atomic E-state index is 14.0. The molecule has 0 bridgehead atoms. The topological polar surface area (TPSA) is 96.3 Å². The molecule has 0 aliphatic rings. The Morgan fingerprint density at radius 3 is 2.04 bits per heavy atom. The van der Waals surface area contributed by atoms with Crippen molar-refractivity contribution >= 4 is 17.6 Å². The van der Waals surface area contributed by atoms with E-state index in [9.17, 15) is 19.1 Å². The van der Waals surface area contributed by atoms with E-state index < -0.39 is 11.9 Å². The van der Waals surface area contributed by atoms with Crippen LogP contribution in [0.25, 0.3) is 22.3 Å². The molecule has 0 heterocycles. The van der Waals surface area contributed by atoms with Crippen molar-refractivity contribution in [3.63, 3.8) is 0 Å². The van der Waals surface area contributed by atoms with Crippen molar-refractivity contribution in [1.29, 1.82) is 0 Å².